The molecule has 0 aliphatic carbocycles. The molecule has 1 N–H and O–H groups in total. The molecule has 0 radical (unpaired) electrons. The summed E-state index contributed by atoms with van der Waals surface area (Å²) < 4.78 is 0. The van der Waals surface area contributed by atoms with Gasteiger partial charge in [-0.05, 0) is 29.8 Å². The van der Waals surface area contributed by atoms with Crippen molar-refractivity contribution in [3.05, 3.63) is 42.5 Å². The van der Waals surface area contributed by atoms with Gasteiger partial charge in [0.15, 0.2) is 0 Å². The summed E-state index contributed by atoms with van der Waals surface area (Å²) in [4.78, 5) is 1.22. The normalized spacial score (nSPS) is 12.9. The Labute approximate surface area is 94.1 Å². The second kappa shape index (κ2) is 4.69. The molecule has 0 bridgehead atoms. The van der Waals surface area contributed by atoms with Crippen LogP contribution in [0.1, 0.15) is 6.92 Å². The molecule has 1 atom stereocenters. The summed E-state index contributed by atoms with van der Waals surface area (Å²) in [6.07, 6.45) is -0.249. The highest BCUT2D eigenvalue weighted by molar-refractivity contribution is 7.99. The van der Waals surface area contributed by atoms with Crippen molar-refractivity contribution in [2.75, 3.05) is 5.75 Å². The molecule has 0 spiro atoms. The molecule has 0 aliphatic heterocycles. The van der Waals surface area contributed by atoms with Gasteiger partial charge in [-0.1, -0.05) is 30.3 Å². The van der Waals surface area contributed by atoms with Crippen molar-refractivity contribution in [2.45, 2.75) is 17.9 Å². The van der Waals surface area contributed by atoms with Crippen LogP contribution in [0.15, 0.2) is 47.4 Å². The second-order valence-electron chi connectivity index (χ2n) is 3.67. The van der Waals surface area contributed by atoms with E-state index in [1.807, 2.05) is 19.1 Å². The fraction of sp³-hybridized carbons (Fsp3) is 0.231. The average molecular weight is 218 g/mol. The van der Waals surface area contributed by atoms with Gasteiger partial charge in [0.25, 0.3) is 0 Å². The lowest BCUT2D eigenvalue weighted by molar-refractivity contribution is 0.220. The Balaban J connectivity index is 2.23. The molecule has 2 rings (SSSR count). The third kappa shape index (κ3) is 2.74. The molecular weight excluding hydrogens is 204 g/mol. The van der Waals surface area contributed by atoms with Crippen LogP contribution in [-0.4, -0.2) is 17.0 Å². The van der Waals surface area contributed by atoms with Gasteiger partial charge >= 0.3 is 0 Å². The number of thioether (sulfide) groups is 1. The molecule has 0 saturated heterocycles. The smallest absolute Gasteiger partial charge is 0.0606 e. The molecule has 0 aliphatic rings. The minimum atomic E-state index is -0.249. The lowest BCUT2D eigenvalue weighted by atomic mass is 10.1. The van der Waals surface area contributed by atoms with Gasteiger partial charge in [0.2, 0.25) is 0 Å². The van der Waals surface area contributed by atoms with Crippen molar-refractivity contribution in [2.24, 2.45) is 0 Å². The first kappa shape index (κ1) is 10.5. The fourth-order valence-corrected chi connectivity index (χ4v) is 2.28. The van der Waals surface area contributed by atoms with Crippen molar-refractivity contribution in [1.82, 2.24) is 0 Å². The van der Waals surface area contributed by atoms with Gasteiger partial charge in [-0.3, -0.25) is 0 Å². The summed E-state index contributed by atoms with van der Waals surface area (Å²) in [5.41, 5.74) is 0. The summed E-state index contributed by atoms with van der Waals surface area (Å²) in [6, 6.07) is 14.7. The molecular formula is C13H14OS. The van der Waals surface area contributed by atoms with Crippen molar-refractivity contribution < 1.29 is 5.11 Å². The van der Waals surface area contributed by atoms with Gasteiger partial charge in [0.05, 0.1) is 6.10 Å². The lowest BCUT2D eigenvalue weighted by Gasteiger charge is -2.05. The number of aliphatic hydroxyl groups excluding tert-OH is 1. The molecule has 0 fully saturated rings. The lowest BCUT2D eigenvalue weighted by Crippen LogP contribution is -2.01. The van der Waals surface area contributed by atoms with Crippen LogP contribution >= 0.6 is 11.8 Å². The Morgan fingerprint density at radius 1 is 1.13 bits per heavy atom. The Morgan fingerprint density at radius 3 is 2.60 bits per heavy atom. The van der Waals surface area contributed by atoms with Crippen LogP contribution in [0.2, 0.25) is 0 Å². The van der Waals surface area contributed by atoms with E-state index < -0.39 is 0 Å². The highest BCUT2D eigenvalue weighted by Crippen LogP contribution is 2.23. The van der Waals surface area contributed by atoms with Crippen LogP contribution in [0.4, 0.5) is 0 Å². The van der Waals surface area contributed by atoms with Gasteiger partial charge in [0.1, 0.15) is 0 Å². The summed E-state index contributed by atoms with van der Waals surface area (Å²) in [6.45, 7) is 1.81. The fourth-order valence-electron chi connectivity index (χ4n) is 1.47. The summed E-state index contributed by atoms with van der Waals surface area (Å²) >= 11 is 1.69. The largest absolute Gasteiger partial charge is 0.393 e. The number of hydrogen-bond acceptors (Lipinski definition) is 2. The minimum Gasteiger partial charge on any atom is -0.393 e. The average Bonchev–Trinajstić information content (AvgIpc) is 2.26. The maximum absolute atomic E-state index is 9.21. The van der Waals surface area contributed by atoms with E-state index in [1.54, 1.807) is 11.8 Å². The van der Waals surface area contributed by atoms with Crippen molar-refractivity contribution in [3.63, 3.8) is 0 Å². The van der Waals surface area contributed by atoms with Gasteiger partial charge in [-0.25, -0.2) is 0 Å². The van der Waals surface area contributed by atoms with Gasteiger partial charge in [-0.15, -0.1) is 11.8 Å². The van der Waals surface area contributed by atoms with Crippen molar-refractivity contribution in [3.8, 4) is 0 Å². The molecule has 1 nitrogen and oxygen atoms in total. The third-order valence-corrected chi connectivity index (χ3v) is 3.45. The van der Waals surface area contributed by atoms with Crippen molar-refractivity contribution >= 4 is 22.5 Å². The first-order valence-corrected chi connectivity index (χ1v) is 6.04. The number of aliphatic hydroxyl groups is 1. The van der Waals surface area contributed by atoms with Crippen molar-refractivity contribution in [1.29, 1.82) is 0 Å². The number of hydrogen-bond donors (Lipinski definition) is 1. The third-order valence-electron chi connectivity index (χ3n) is 2.21. The molecule has 78 valence electrons. The molecule has 15 heavy (non-hydrogen) atoms. The Bertz CT molecular complexity index is 451. The zero-order valence-corrected chi connectivity index (χ0v) is 9.50. The Hall–Kier alpha value is -0.990. The topological polar surface area (TPSA) is 20.2 Å². The molecule has 0 aromatic heterocycles. The summed E-state index contributed by atoms with van der Waals surface area (Å²) in [5.74, 6) is 0.748. The van der Waals surface area contributed by atoms with Crippen LogP contribution in [0, 0.1) is 0 Å². The number of rotatable bonds is 3. The van der Waals surface area contributed by atoms with Gasteiger partial charge in [-0.2, -0.15) is 0 Å². The zero-order valence-electron chi connectivity index (χ0n) is 8.68. The van der Waals surface area contributed by atoms with Gasteiger partial charge < -0.3 is 5.11 Å². The Kier molecular flexibility index (Phi) is 3.29. The van der Waals surface area contributed by atoms with E-state index in [1.165, 1.54) is 15.7 Å². The monoisotopic (exact) mass is 218 g/mol. The Morgan fingerprint density at radius 2 is 1.87 bits per heavy atom. The van der Waals surface area contributed by atoms with Crippen LogP contribution in [0.25, 0.3) is 10.8 Å². The van der Waals surface area contributed by atoms with Gasteiger partial charge in [0, 0.05) is 10.6 Å². The van der Waals surface area contributed by atoms with E-state index in [0.29, 0.717) is 0 Å². The molecule has 0 heterocycles. The molecule has 2 heteroatoms. The SMILES string of the molecule is CC(O)CSc1ccc2ccccc2c1. The van der Waals surface area contributed by atoms with E-state index in [9.17, 15) is 5.11 Å². The molecule has 0 amide bonds. The number of benzene rings is 2. The van der Waals surface area contributed by atoms with E-state index in [4.69, 9.17) is 0 Å². The van der Waals surface area contributed by atoms with Crippen LogP contribution in [0.5, 0.6) is 0 Å². The molecule has 0 saturated carbocycles. The highest BCUT2D eigenvalue weighted by Gasteiger charge is 1.99. The maximum atomic E-state index is 9.21. The van der Waals surface area contributed by atoms with Crippen LogP contribution in [-0.2, 0) is 0 Å². The molecule has 2 aromatic rings. The predicted molar refractivity (Wildman–Crippen MR) is 66.4 cm³/mol. The predicted octanol–water partition coefficient (Wildman–Crippen LogP) is 3.31. The minimum absolute atomic E-state index is 0.249. The van der Waals surface area contributed by atoms with Crippen LogP contribution in [0.3, 0.4) is 0 Å². The van der Waals surface area contributed by atoms with E-state index in [2.05, 4.69) is 30.3 Å². The standard InChI is InChI=1S/C13H14OS/c1-10(14)9-15-13-7-6-11-4-2-3-5-12(11)8-13/h2-8,10,14H,9H2,1H3. The summed E-state index contributed by atoms with van der Waals surface area (Å²) in [5, 5.41) is 11.7. The second-order valence-corrected chi connectivity index (χ2v) is 4.76. The van der Waals surface area contributed by atoms with E-state index in [-0.39, 0.29) is 6.10 Å². The summed E-state index contributed by atoms with van der Waals surface area (Å²) in [7, 11) is 0. The first-order chi connectivity index (χ1) is 7.25. The van der Waals surface area contributed by atoms with E-state index in [0.717, 1.165) is 5.75 Å². The molecule has 1 unspecified atom stereocenters. The zero-order chi connectivity index (χ0) is 10.7. The maximum Gasteiger partial charge on any atom is 0.0606 e. The quantitative estimate of drug-likeness (QED) is 0.798. The highest BCUT2D eigenvalue weighted by atomic mass is 32.2. The van der Waals surface area contributed by atoms with Crippen LogP contribution < -0.4 is 0 Å². The van der Waals surface area contributed by atoms with E-state index >= 15 is 0 Å². The number of fused-ring (bicyclic) bond motifs is 1. The molecule has 2 aromatic carbocycles. The first-order valence-electron chi connectivity index (χ1n) is 5.05.